The number of amides is 1. The largest absolute Gasteiger partial charge is 0.618 e. The zero-order valence-electron chi connectivity index (χ0n) is 10.7. The summed E-state index contributed by atoms with van der Waals surface area (Å²) in [4.78, 5) is 12.1. The fourth-order valence-electron chi connectivity index (χ4n) is 1.90. The van der Waals surface area contributed by atoms with Crippen LogP contribution in [0.15, 0.2) is 41.6 Å². The molecule has 0 bridgehead atoms. The fraction of sp³-hybridized carbons (Fsp3) is 0.143. The summed E-state index contributed by atoms with van der Waals surface area (Å²) in [6.07, 6.45) is 1.30. The summed E-state index contributed by atoms with van der Waals surface area (Å²) < 4.78 is 0.555. The first kappa shape index (κ1) is 13.4. The maximum Gasteiger partial charge on any atom is 0.263 e. The van der Waals surface area contributed by atoms with Crippen LogP contribution in [0.2, 0.25) is 0 Å². The fourth-order valence-corrected chi connectivity index (χ4v) is 2.15. The van der Waals surface area contributed by atoms with Gasteiger partial charge in [0.1, 0.15) is 5.56 Å². The maximum atomic E-state index is 12.1. The maximum absolute atomic E-state index is 12.1. The van der Waals surface area contributed by atoms with Crippen molar-refractivity contribution in [2.24, 2.45) is 0 Å². The quantitative estimate of drug-likeness (QED) is 0.502. The number of hydrogen-bond acceptors (Lipinski definition) is 3. The summed E-state index contributed by atoms with van der Waals surface area (Å²) in [7, 11) is 0. The molecule has 0 aliphatic rings. The lowest BCUT2D eigenvalue weighted by Crippen LogP contribution is -2.30. The second-order valence-electron chi connectivity index (χ2n) is 4.40. The minimum atomic E-state index is -0.347. The molecule has 0 saturated carbocycles. The number of nitrogens with one attached hydrogen (secondary N) is 1. The molecule has 19 heavy (non-hydrogen) atoms. The number of pyridine rings is 1. The van der Waals surface area contributed by atoms with Gasteiger partial charge in [-0.15, -0.1) is 0 Å². The highest BCUT2D eigenvalue weighted by molar-refractivity contribution is 7.80. The normalized spacial score (nSPS) is 10.3. The highest BCUT2D eigenvalue weighted by Gasteiger charge is 2.16. The molecule has 2 aromatic rings. The van der Waals surface area contributed by atoms with Crippen LogP contribution in [0.5, 0.6) is 0 Å². The number of aromatic nitrogens is 1. The predicted octanol–water partition coefficient (Wildman–Crippen LogP) is 2.48. The molecule has 0 unspecified atom stereocenters. The van der Waals surface area contributed by atoms with E-state index in [0.717, 1.165) is 11.1 Å². The number of aryl methyl sites for hydroxylation is 2. The number of rotatable bonds is 2. The predicted molar refractivity (Wildman–Crippen MR) is 76.5 cm³/mol. The Labute approximate surface area is 117 Å². The van der Waals surface area contributed by atoms with E-state index in [1.807, 2.05) is 32.0 Å². The van der Waals surface area contributed by atoms with E-state index >= 15 is 0 Å². The summed E-state index contributed by atoms with van der Waals surface area (Å²) in [5.74, 6) is -0.347. The SMILES string of the molecule is Cc1cc(C)cc(NC(=O)c2ccc[n+]([O-])c2S)c1. The van der Waals surface area contributed by atoms with E-state index in [4.69, 9.17) is 0 Å². The van der Waals surface area contributed by atoms with Crippen LogP contribution in [-0.4, -0.2) is 5.91 Å². The first-order chi connectivity index (χ1) is 8.97. The van der Waals surface area contributed by atoms with Crippen LogP contribution in [0.1, 0.15) is 21.5 Å². The van der Waals surface area contributed by atoms with Gasteiger partial charge in [-0.1, -0.05) is 18.7 Å². The van der Waals surface area contributed by atoms with Crippen LogP contribution in [0.3, 0.4) is 0 Å². The lowest BCUT2D eigenvalue weighted by molar-refractivity contribution is -0.645. The number of hydrogen-bond donors (Lipinski definition) is 2. The van der Waals surface area contributed by atoms with Crippen molar-refractivity contribution >= 4 is 24.2 Å². The molecule has 0 aliphatic heterocycles. The number of benzene rings is 1. The summed E-state index contributed by atoms with van der Waals surface area (Å²) >= 11 is 4.05. The molecule has 1 heterocycles. The van der Waals surface area contributed by atoms with E-state index in [-0.39, 0.29) is 16.5 Å². The van der Waals surface area contributed by atoms with Crippen molar-refractivity contribution in [2.45, 2.75) is 18.9 Å². The van der Waals surface area contributed by atoms with Gasteiger partial charge < -0.3 is 10.5 Å². The summed E-state index contributed by atoms with van der Waals surface area (Å²) in [5, 5.41) is 14.2. The van der Waals surface area contributed by atoms with Crippen molar-refractivity contribution in [3.63, 3.8) is 0 Å². The van der Waals surface area contributed by atoms with Gasteiger partial charge in [0.05, 0.1) is 0 Å². The number of anilines is 1. The molecule has 1 amide bonds. The monoisotopic (exact) mass is 274 g/mol. The molecule has 5 heteroatoms. The Morgan fingerprint density at radius 1 is 1.26 bits per heavy atom. The van der Waals surface area contributed by atoms with Crippen molar-refractivity contribution < 1.29 is 9.52 Å². The molecule has 0 radical (unpaired) electrons. The zero-order valence-corrected chi connectivity index (χ0v) is 11.6. The Kier molecular flexibility index (Phi) is 3.76. The second kappa shape index (κ2) is 5.32. The standard InChI is InChI=1S/C14H14N2O2S/c1-9-6-10(2)8-11(7-9)15-13(17)12-4-3-5-16(18)14(12)19/h3-8,19H,1-2H3,(H,15,17). The van der Waals surface area contributed by atoms with Gasteiger partial charge in [-0.05, 0) is 43.2 Å². The van der Waals surface area contributed by atoms with Gasteiger partial charge in [0.25, 0.3) is 10.9 Å². The average Bonchev–Trinajstić information content (AvgIpc) is 2.31. The summed E-state index contributed by atoms with van der Waals surface area (Å²) in [5.41, 5.74) is 3.08. The topological polar surface area (TPSA) is 56.0 Å². The van der Waals surface area contributed by atoms with Crippen LogP contribution in [0, 0.1) is 19.1 Å². The molecule has 0 aliphatic carbocycles. The van der Waals surface area contributed by atoms with Crippen molar-refractivity contribution in [3.8, 4) is 0 Å². The van der Waals surface area contributed by atoms with Crippen molar-refractivity contribution in [2.75, 3.05) is 5.32 Å². The van der Waals surface area contributed by atoms with Crippen molar-refractivity contribution in [1.29, 1.82) is 0 Å². The van der Waals surface area contributed by atoms with Crippen molar-refractivity contribution in [1.82, 2.24) is 0 Å². The average molecular weight is 274 g/mol. The van der Waals surface area contributed by atoms with E-state index < -0.39 is 0 Å². The van der Waals surface area contributed by atoms with Crippen LogP contribution in [-0.2, 0) is 0 Å². The Morgan fingerprint density at radius 2 is 1.89 bits per heavy atom. The van der Waals surface area contributed by atoms with Crippen molar-refractivity contribution in [3.05, 3.63) is 58.4 Å². The van der Waals surface area contributed by atoms with E-state index in [1.54, 1.807) is 6.07 Å². The first-order valence-electron chi connectivity index (χ1n) is 5.78. The van der Waals surface area contributed by atoms with Gasteiger partial charge >= 0.3 is 0 Å². The molecule has 0 atom stereocenters. The van der Waals surface area contributed by atoms with Crippen LogP contribution in [0.4, 0.5) is 5.69 Å². The Bertz CT molecular complexity index is 621. The number of nitrogens with zero attached hydrogens (tertiary/aromatic N) is 1. The van der Waals surface area contributed by atoms with Gasteiger partial charge in [-0.3, -0.25) is 4.79 Å². The molecule has 4 nitrogen and oxygen atoms in total. The third kappa shape index (κ3) is 3.06. The molecular weight excluding hydrogens is 260 g/mol. The van der Waals surface area contributed by atoms with Crippen LogP contribution >= 0.6 is 12.6 Å². The minimum absolute atomic E-state index is 0.0874. The third-order valence-electron chi connectivity index (χ3n) is 2.66. The molecule has 2 rings (SSSR count). The highest BCUT2D eigenvalue weighted by atomic mass is 32.1. The summed E-state index contributed by atoms with van der Waals surface area (Å²) in [6.45, 7) is 3.92. The Hall–Kier alpha value is -2.01. The zero-order chi connectivity index (χ0) is 14.0. The Morgan fingerprint density at radius 3 is 2.53 bits per heavy atom. The van der Waals surface area contributed by atoms with E-state index in [1.165, 1.54) is 12.3 Å². The van der Waals surface area contributed by atoms with Crippen LogP contribution < -0.4 is 10.0 Å². The van der Waals surface area contributed by atoms with E-state index in [0.29, 0.717) is 10.4 Å². The van der Waals surface area contributed by atoms with Gasteiger partial charge in [-0.2, -0.15) is 4.73 Å². The molecule has 0 spiro atoms. The van der Waals surface area contributed by atoms with Gasteiger partial charge in [-0.25, -0.2) is 0 Å². The molecule has 1 N–H and O–H groups in total. The first-order valence-corrected chi connectivity index (χ1v) is 6.23. The van der Waals surface area contributed by atoms with Crippen LogP contribution in [0.25, 0.3) is 0 Å². The van der Waals surface area contributed by atoms with Gasteiger partial charge in [0.2, 0.25) is 0 Å². The Balaban J connectivity index is 2.28. The second-order valence-corrected chi connectivity index (χ2v) is 4.83. The third-order valence-corrected chi connectivity index (χ3v) is 3.10. The minimum Gasteiger partial charge on any atom is -0.618 e. The van der Waals surface area contributed by atoms with Gasteiger partial charge in [0.15, 0.2) is 6.20 Å². The summed E-state index contributed by atoms with van der Waals surface area (Å²) in [6, 6.07) is 8.85. The van der Waals surface area contributed by atoms with E-state index in [9.17, 15) is 10.0 Å². The number of carbonyl (C=O) groups excluding carboxylic acids is 1. The highest BCUT2D eigenvalue weighted by Crippen LogP contribution is 2.16. The van der Waals surface area contributed by atoms with E-state index in [2.05, 4.69) is 17.9 Å². The molecule has 98 valence electrons. The number of thiol groups is 1. The number of carbonyl (C=O) groups is 1. The smallest absolute Gasteiger partial charge is 0.263 e. The molecule has 0 fully saturated rings. The van der Waals surface area contributed by atoms with Gasteiger partial charge in [0, 0.05) is 11.8 Å². The lowest BCUT2D eigenvalue weighted by Gasteiger charge is -2.08. The molecule has 1 aromatic carbocycles. The molecule has 0 saturated heterocycles. The lowest BCUT2D eigenvalue weighted by atomic mass is 10.1. The molecule has 1 aromatic heterocycles. The molecular formula is C14H14N2O2S.